The van der Waals surface area contributed by atoms with Crippen molar-refractivity contribution in [2.75, 3.05) is 6.54 Å². The van der Waals surface area contributed by atoms with Crippen molar-refractivity contribution in [3.63, 3.8) is 0 Å². The van der Waals surface area contributed by atoms with Crippen LogP contribution in [0.5, 0.6) is 0 Å². The van der Waals surface area contributed by atoms with E-state index in [4.69, 9.17) is 5.11 Å². The van der Waals surface area contributed by atoms with Crippen LogP contribution in [0.2, 0.25) is 0 Å². The van der Waals surface area contributed by atoms with E-state index >= 15 is 0 Å². The summed E-state index contributed by atoms with van der Waals surface area (Å²) >= 11 is 0. The van der Waals surface area contributed by atoms with Gasteiger partial charge in [0, 0.05) is 18.5 Å². The van der Waals surface area contributed by atoms with E-state index in [0.29, 0.717) is 6.42 Å². The van der Waals surface area contributed by atoms with Crippen LogP contribution in [0.15, 0.2) is 0 Å². The standard InChI is InChI=1S/C16H30N2O3/c1-4-13(5-2)17-16(21)12(3)18-11-7-6-8-14(18)9-10-15(19)20/h12-14H,4-11H2,1-3H3,(H,17,21)(H,19,20). The van der Waals surface area contributed by atoms with Gasteiger partial charge in [-0.05, 0) is 45.6 Å². The molecule has 0 spiro atoms. The number of hydrogen-bond acceptors (Lipinski definition) is 3. The van der Waals surface area contributed by atoms with E-state index in [2.05, 4.69) is 24.1 Å². The molecule has 0 saturated carbocycles. The lowest BCUT2D eigenvalue weighted by molar-refractivity contribution is -0.137. The maximum Gasteiger partial charge on any atom is 0.303 e. The van der Waals surface area contributed by atoms with Crippen LogP contribution >= 0.6 is 0 Å². The second kappa shape index (κ2) is 9.03. The number of piperidine rings is 1. The third-order valence-electron chi connectivity index (χ3n) is 4.57. The first-order valence-electron chi connectivity index (χ1n) is 8.27. The van der Waals surface area contributed by atoms with E-state index in [0.717, 1.165) is 38.6 Å². The van der Waals surface area contributed by atoms with Gasteiger partial charge in [-0.15, -0.1) is 0 Å². The fourth-order valence-electron chi connectivity index (χ4n) is 3.10. The van der Waals surface area contributed by atoms with Crippen molar-refractivity contribution in [2.24, 2.45) is 0 Å². The highest BCUT2D eigenvalue weighted by atomic mass is 16.4. The number of likely N-dealkylation sites (tertiary alicyclic amines) is 1. The molecule has 5 heteroatoms. The predicted octanol–water partition coefficient (Wildman–Crippen LogP) is 2.40. The van der Waals surface area contributed by atoms with Crippen molar-refractivity contribution in [2.45, 2.75) is 83.8 Å². The molecule has 2 unspecified atom stereocenters. The summed E-state index contributed by atoms with van der Waals surface area (Å²) in [6.45, 7) is 6.99. The molecule has 1 heterocycles. The van der Waals surface area contributed by atoms with Gasteiger partial charge in [0.1, 0.15) is 0 Å². The second-order valence-electron chi connectivity index (χ2n) is 6.02. The Morgan fingerprint density at radius 1 is 1.29 bits per heavy atom. The molecule has 2 N–H and O–H groups in total. The van der Waals surface area contributed by atoms with Crippen molar-refractivity contribution >= 4 is 11.9 Å². The van der Waals surface area contributed by atoms with Crippen LogP contribution in [-0.4, -0.2) is 46.6 Å². The summed E-state index contributed by atoms with van der Waals surface area (Å²) < 4.78 is 0. The highest BCUT2D eigenvalue weighted by molar-refractivity contribution is 5.81. The SMILES string of the molecule is CCC(CC)NC(=O)C(C)N1CCCCC1CCC(=O)O. The molecule has 0 bridgehead atoms. The third kappa shape index (κ3) is 5.65. The van der Waals surface area contributed by atoms with Gasteiger partial charge in [-0.2, -0.15) is 0 Å². The topological polar surface area (TPSA) is 69.6 Å². The fourth-order valence-corrected chi connectivity index (χ4v) is 3.10. The molecule has 1 amide bonds. The zero-order chi connectivity index (χ0) is 15.8. The summed E-state index contributed by atoms with van der Waals surface area (Å²) in [6, 6.07) is 0.282. The molecule has 0 radical (unpaired) electrons. The number of carboxylic acids is 1. The summed E-state index contributed by atoms with van der Waals surface area (Å²) in [5.74, 6) is -0.680. The van der Waals surface area contributed by atoms with Gasteiger partial charge in [0.2, 0.25) is 5.91 Å². The molecule has 1 saturated heterocycles. The molecule has 122 valence electrons. The molecule has 1 aliphatic rings. The lowest BCUT2D eigenvalue weighted by Crippen LogP contribution is -2.53. The molecular weight excluding hydrogens is 268 g/mol. The lowest BCUT2D eigenvalue weighted by Gasteiger charge is -2.39. The minimum atomic E-state index is -0.755. The molecule has 21 heavy (non-hydrogen) atoms. The number of aliphatic carboxylic acids is 1. The average Bonchev–Trinajstić information content (AvgIpc) is 2.49. The van der Waals surface area contributed by atoms with Gasteiger partial charge < -0.3 is 10.4 Å². The minimum absolute atomic E-state index is 0.0749. The Labute approximate surface area is 128 Å². The average molecular weight is 298 g/mol. The zero-order valence-corrected chi connectivity index (χ0v) is 13.6. The summed E-state index contributed by atoms with van der Waals surface area (Å²) in [6.07, 6.45) is 5.92. The Kier molecular flexibility index (Phi) is 7.72. The van der Waals surface area contributed by atoms with Crippen LogP contribution in [-0.2, 0) is 9.59 Å². The highest BCUT2D eigenvalue weighted by Gasteiger charge is 2.30. The Bertz CT molecular complexity index is 342. The largest absolute Gasteiger partial charge is 0.481 e. The Morgan fingerprint density at radius 3 is 2.52 bits per heavy atom. The number of carboxylic acid groups (broad SMARTS) is 1. The molecule has 0 aromatic heterocycles. The van der Waals surface area contributed by atoms with Crippen molar-refractivity contribution in [1.82, 2.24) is 10.2 Å². The van der Waals surface area contributed by atoms with Crippen molar-refractivity contribution in [3.8, 4) is 0 Å². The van der Waals surface area contributed by atoms with Crippen LogP contribution in [0.4, 0.5) is 0 Å². The van der Waals surface area contributed by atoms with Crippen molar-refractivity contribution < 1.29 is 14.7 Å². The van der Waals surface area contributed by atoms with E-state index in [-0.39, 0.29) is 30.5 Å². The first kappa shape index (κ1) is 18.0. The van der Waals surface area contributed by atoms with Crippen LogP contribution in [0, 0.1) is 0 Å². The Balaban J connectivity index is 2.60. The van der Waals surface area contributed by atoms with Gasteiger partial charge in [-0.25, -0.2) is 0 Å². The molecule has 0 aliphatic carbocycles. The zero-order valence-electron chi connectivity index (χ0n) is 13.6. The molecule has 0 aromatic carbocycles. The summed E-state index contributed by atoms with van der Waals surface area (Å²) in [5, 5.41) is 12.0. The quantitative estimate of drug-likeness (QED) is 0.722. The van der Waals surface area contributed by atoms with Crippen LogP contribution in [0.3, 0.4) is 0 Å². The van der Waals surface area contributed by atoms with E-state index in [1.54, 1.807) is 0 Å². The Hall–Kier alpha value is -1.10. The highest BCUT2D eigenvalue weighted by Crippen LogP contribution is 2.23. The predicted molar refractivity (Wildman–Crippen MR) is 83.2 cm³/mol. The van der Waals surface area contributed by atoms with Crippen LogP contribution < -0.4 is 5.32 Å². The van der Waals surface area contributed by atoms with Crippen molar-refractivity contribution in [1.29, 1.82) is 0 Å². The number of nitrogens with one attached hydrogen (secondary N) is 1. The van der Waals surface area contributed by atoms with Gasteiger partial charge >= 0.3 is 5.97 Å². The van der Waals surface area contributed by atoms with Gasteiger partial charge in [0.05, 0.1) is 6.04 Å². The number of hydrogen-bond donors (Lipinski definition) is 2. The summed E-state index contributed by atoms with van der Waals surface area (Å²) in [5.41, 5.74) is 0. The smallest absolute Gasteiger partial charge is 0.303 e. The Morgan fingerprint density at radius 2 is 1.95 bits per heavy atom. The van der Waals surface area contributed by atoms with Gasteiger partial charge in [-0.3, -0.25) is 14.5 Å². The molecule has 5 nitrogen and oxygen atoms in total. The summed E-state index contributed by atoms with van der Waals surface area (Å²) in [4.78, 5) is 25.4. The number of carbonyl (C=O) groups excluding carboxylic acids is 1. The van der Waals surface area contributed by atoms with Gasteiger partial charge in [0.15, 0.2) is 0 Å². The molecule has 2 atom stereocenters. The molecule has 1 fully saturated rings. The number of carbonyl (C=O) groups is 2. The second-order valence-corrected chi connectivity index (χ2v) is 6.02. The van der Waals surface area contributed by atoms with Crippen LogP contribution in [0.25, 0.3) is 0 Å². The monoisotopic (exact) mass is 298 g/mol. The maximum atomic E-state index is 12.4. The summed E-state index contributed by atoms with van der Waals surface area (Å²) in [7, 11) is 0. The lowest BCUT2D eigenvalue weighted by atomic mass is 9.96. The first-order valence-corrected chi connectivity index (χ1v) is 8.27. The molecule has 1 aliphatic heterocycles. The number of amides is 1. The van der Waals surface area contributed by atoms with Gasteiger partial charge in [0.25, 0.3) is 0 Å². The van der Waals surface area contributed by atoms with E-state index in [9.17, 15) is 9.59 Å². The van der Waals surface area contributed by atoms with E-state index in [1.807, 2.05) is 6.92 Å². The fraction of sp³-hybridized carbons (Fsp3) is 0.875. The molecule has 0 aromatic rings. The minimum Gasteiger partial charge on any atom is -0.481 e. The van der Waals surface area contributed by atoms with Crippen molar-refractivity contribution in [3.05, 3.63) is 0 Å². The number of rotatable bonds is 8. The third-order valence-corrected chi connectivity index (χ3v) is 4.57. The molecular formula is C16H30N2O3. The normalized spacial score (nSPS) is 21.2. The first-order chi connectivity index (χ1) is 9.99. The molecule has 1 rings (SSSR count). The number of nitrogens with zero attached hydrogens (tertiary/aromatic N) is 1. The maximum absolute atomic E-state index is 12.4. The van der Waals surface area contributed by atoms with Gasteiger partial charge in [-0.1, -0.05) is 20.3 Å². The van der Waals surface area contributed by atoms with E-state index < -0.39 is 5.97 Å². The van der Waals surface area contributed by atoms with Crippen LogP contribution in [0.1, 0.15) is 65.7 Å². The van der Waals surface area contributed by atoms with E-state index in [1.165, 1.54) is 0 Å².